The summed E-state index contributed by atoms with van der Waals surface area (Å²) in [6, 6.07) is 13.8. The van der Waals surface area contributed by atoms with Crippen LogP contribution in [0.15, 0.2) is 64.9 Å². The lowest BCUT2D eigenvalue weighted by molar-refractivity contribution is 0.103. The minimum atomic E-state index is -3.84. The summed E-state index contributed by atoms with van der Waals surface area (Å²) in [7, 11) is -3.84. The lowest BCUT2D eigenvalue weighted by Gasteiger charge is -2.11. The highest BCUT2D eigenvalue weighted by Gasteiger charge is 2.16. The molecule has 0 saturated carbocycles. The molecular formula is C17H12Cl2N2O3S2. The van der Waals surface area contributed by atoms with E-state index in [2.05, 4.69) is 10.0 Å². The predicted molar refractivity (Wildman–Crippen MR) is 106 cm³/mol. The minimum absolute atomic E-state index is 0.0302. The maximum absolute atomic E-state index is 12.5. The van der Waals surface area contributed by atoms with E-state index in [1.807, 2.05) is 0 Å². The Kier molecular flexibility index (Phi) is 5.52. The van der Waals surface area contributed by atoms with E-state index in [4.69, 9.17) is 23.2 Å². The molecule has 1 heterocycles. The molecule has 5 nitrogen and oxygen atoms in total. The number of anilines is 2. The highest BCUT2D eigenvalue weighted by Crippen LogP contribution is 2.28. The van der Waals surface area contributed by atoms with Gasteiger partial charge in [0.05, 0.1) is 20.5 Å². The summed E-state index contributed by atoms with van der Waals surface area (Å²) < 4.78 is 27.4. The SMILES string of the molecule is O=C(Nc1ccc(S(=O)(=O)Nc2cc(Cl)ccc2Cl)cc1)c1cccs1. The van der Waals surface area contributed by atoms with E-state index in [1.165, 1.54) is 47.7 Å². The van der Waals surface area contributed by atoms with Crippen LogP contribution in [0.5, 0.6) is 0 Å². The summed E-state index contributed by atoms with van der Waals surface area (Å²) in [4.78, 5) is 12.6. The molecule has 9 heteroatoms. The van der Waals surface area contributed by atoms with Gasteiger partial charge in [-0.1, -0.05) is 29.3 Å². The van der Waals surface area contributed by atoms with Crippen molar-refractivity contribution in [2.45, 2.75) is 4.90 Å². The molecule has 0 aliphatic heterocycles. The van der Waals surface area contributed by atoms with E-state index in [0.29, 0.717) is 15.6 Å². The molecule has 3 aromatic rings. The van der Waals surface area contributed by atoms with Gasteiger partial charge in [0, 0.05) is 10.7 Å². The fraction of sp³-hybridized carbons (Fsp3) is 0. The van der Waals surface area contributed by atoms with Crippen molar-refractivity contribution in [1.29, 1.82) is 0 Å². The van der Waals surface area contributed by atoms with Crippen LogP contribution in [0.1, 0.15) is 9.67 Å². The van der Waals surface area contributed by atoms with Crippen molar-refractivity contribution in [3.8, 4) is 0 Å². The Balaban J connectivity index is 1.76. The van der Waals surface area contributed by atoms with Crippen LogP contribution < -0.4 is 10.0 Å². The fourth-order valence-corrected chi connectivity index (χ4v) is 4.18. The van der Waals surface area contributed by atoms with Gasteiger partial charge in [-0.05, 0) is 53.9 Å². The normalized spacial score (nSPS) is 11.2. The third-order valence-electron chi connectivity index (χ3n) is 3.34. The second kappa shape index (κ2) is 7.67. The third kappa shape index (κ3) is 4.37. The summed E-state index contributed by atoms with van der Waals surface area (Å²) in [5.74, 6) is -0.251. The molecular weight excluding hydrogens is 415 g/mol. The number of hydrogen-bond acceptors (Lipinski definition) is 4. The van der Waals surface area contributed by atoms with Gasteiger partial charge in [-0.15, -0.1) is 11.3 Å². The number of halogens is 2. The average Bonchev–Trinajstić information content (AvgIpc) is 3.13. The van der Waals surface area contributed by atoms with Crippen LogP contribution in [-0.2, 0) is 10.0 Å². The number of thiophene rings is 1. The van der Waals surface area contributed by atoms with Gasteiger partial charge in [0.15, 0.2) is 0 Å². The van der Waals surface area contributed by atoms with Crippen LogP contribution in [0.2, 0.25) is 10.0 Å². The Labute approximate surface area is 164 Å². The van der Waals surface area contributed by atoms with Gasteiger partial charge in [0.2, 0.25) is 0 Å². The van der Waals surface area contributed by atoms with E-state index >= 15 is 0 Å². The van der Waals surface area contributed by atoms with Crippen molar-refractivity contribution >= 4 is 61.8 Å². The molecule has 0 spiro atoms. The van der Waals surface area contributed by atoms with Gasteiger partial charge in [-0.2, -0.15) is 0 Å². The van der Waals surface area contributed by atoms with Crippen LogP contribution in [0.3, 0.4) is 0 Å². The summed E-state index contributed by atoms with van der Waals surface area (Å²) in [5.41, 5.74) is 0.678. The van der Waals surface area contributed by atoms with Gasteiger partial charge >= 0.3 is 0 Å². The van der Waals surface area contributed by atoms with Crippen molar-refractivity contribution in [1.82, 2.24) is 0 Å². The molecule has 3 rings (SSSR count). The highest BCUT2D eigenvalue weighted by molar-refractivity contribution is 7.92. The molecule has 1 amide bonds. The zero-order valence-corrected chi connectivity index (χ0v) is 16.2. The largest absolute Gasteiger partial charge is 0.321 e. The number of amides is 1. The van der Waals surface area contributed by atoms with Crippen LogP contribution in [-0.4, -0.2) is 14.3 Å². The first kappa shape index (κ1) is 18.7. The van der Waals surface area contributed by atoms with Crippen LogP contribution in [0.25, 0.3) is 0 Å². The Morgan fingerprint density at radius 3 is 2.38 bits per heavy atom. The topological polar surface area (TPSA) is 75.3 Å². The molecule has 26 heavy (non-hydrogen) atoms. The van der Waals surface area contributed by atoms with E-state index in [1.54, 1.807) is 23.6 Å². The second-order valence-electron chi connectivity index (χ2n) is 5.19. The van der Waals surface area contributed by atoms with E-state index < -0.39 is 10.0 Å². The first-order valence-corrected chi connectivity index (χ1v) is 10.4. The molecule has 0 unspecified atom stereocenters. The van der Waals surface area contributed by atoms with Gasteiger partial charge < -0.3 is 5.32 Å². The first-order chi connectivity index (χ1) is 12.3. The Bertz CT molecular complexity index is 1030. The zero-order chi connectivity index (χ0) is 18.7. The lowest BCUT2D eigenvalue weighted by atomic mass is 10.3. The van der Waals surface area contributed by atoms with E-state index in [-0.39, 0.29) is 21.5 Å². The number of benzene rings is 2. The number of carbonyl (C=O) groups excluding carboxylic acids is 1. The molecule has 0 saturated heterocycles. The smallest absolute Gasteiger partial charge is 0.265 e. The number of rotatable bonds is 5. The van der Waals surface area contributed by atoms with Gasteiger partial charge in [-0.3, -0.25) is 9.52 Å². The summed E-state index contributed by atoms with van der Waals surface area (Å²) >= 11 is 13.2. The number of sulfonamides is 1. The third-order valence-corrected chi connectivity index (χ3v) is 6.15. The van der Waals surface area contributed by atoms with Crippen LogP contribution in [0.4, 0.5) is 11.4 Å². The van der Waals surface area contributed by atoms with Gasteiger partial charge in [0.25, 0.3) is 15.9 Å². The summed E-state index contributed by atoms with van der Waals surface area (Å²) in [5, 5.41) is 5.10. The number of nitrogens with one attached hydrogen (secondary N) is 2. The van der Waals surface area contributed by atoms with Crippen molar-refractivity contribution < 1.29 is 13.2 Å². The van der Waals surface area contributed by atoms with Crippen molar-refractivity contribution in [3.05, 3.63) is 74.9 Å². The highest BCUT2D eigenvalue weighted by atomic mass is 35.5. The maximum Gasteiger partial charge on any atom is 0.265 e. The van der Waals surface area contributed by atoms with Crippen molar-refractivity contribution in [2.24, 2.45) is 0 Å². The van der Waals surface area contributed by atoms with Crippen molar-refractivity contribution in [2.75, 3.05) is 10.0 Å². The first-order valence-electron chi connectivity index (χ1n) is 7.28. The van der Waals surface area contributed by atoms with Crippen LogP contribution >= 0.6 is 34.5 Å². The number of carbonyl (C=O) groups is 1. The molecule has 134 valence electrons. The molecule has 0 aliphatic carbocycles. The molecule has 0 fully saturated rings. The minimum Gasteiger partial charge on any atom is -0.321 e. The number of hydrogen-bond donors (Lipinski definition) is 2. The molecule has 0 atom stereocenters. The Morgan fingerprint density at radius 1 is 1.00 bits per heavy atom. The fourth-order valence-electron chi connectivity index (χ4n) is 2.10. The zero-order valence-electron chi connectivity index (χ0n) is 13.1. The second-order valence-corrected chi connectivity index (χ2v) is 8.66. The summed E-state index contributed by atoms with van der Waals surface area (Å²) in [6.07, 6.45) is 0. The monoisotopic (exact) mass is 426 g/mol. The Hall–Kier alpha value is -2.06. The van der Waals surface area contributed by atoms with Gasteiger partial charge in [0.1, 0.15) is 0 Å². The molecule has 0 aliphatic rings. The quantitative estimate of drug-likeness (QED) is 0.594. The van der Waals surface area contributed by atoms with E-state index in [0.717, 1.165) is 0 Å². The standard InChI is InChI=1S/C17H12Cl2N2O3S2/c18-11-3-8-14(19)15(10-11)21-26(23,24)13-6-4-12(5-7-13)20-17(22)16-2-1-9-25-16/h1-10,21H,(H,20,22). The molecule has 0 radical (unpaired) electrons. The lowest BCUT2D eigenvalue weighted by Crippen LogP contribution is -2.14. The van der Waals surface area contributed by atoms with E-state index in [9.17, 15) is 13.2 Å². The van der Waals surface area contributed by atoms with Crippen molar-refractivity contribution in [3.63, 3.8) is 0 Å². The molecule has 2 aromatic carbocycles. The van der Waals surface area contributed by atoms with Gasteiger partial charge in [-0.25, -0.2) is 8.42 Å². The Morgan fingerprint density at radius 2 is 1.73 bits per heavy atom. The molecule has 1 aromatic heterocycles. The van der Waals surface area contributed by atoms with Crippen LogP contribution in [0, 0.1) is 0 Å². The molecule has 2 N–H and O–H groups in total. The predicted octanol–water partition coefficient (Wildman–Crippen LogP) is 5.11. The maximum atomic E-state index is 12.5. The molecule has 0 bridgehead atoms. The average molecular weight is 427 g/mol. The summed E-state index contributed by atoms with van der Waals surface area (Å²) in [6.45, 7) is 0.